The number of thioether (sulfide) groups is 1. The quantitative estimate of drug-likeness (QED) is 0.666. The molecule has 6 heteroatoms. The normalized spacial score (nSPS) is 14.5. The van der Waals surface area contributed by atoms with Gasteiger partial charge < -0.3 is 5.32 Å². The van der Waals surface area contributed by atoms with Gasteiger partial charge in [-0.1, -0.05) is 73.6 Å². The molecule has 2 rings (SSSR count). The first-order valence-electron chi connectivity index (χ1n) is 7.67. The molecule has 0 radical (unpaired) electrons. The van der Waals surface area contributed by atoms with E-state index in [0.717, 1.165) is 28.7 Å². The van der Waals surface area contributed by atoms with Crippen molar-refractivity contribution in [1.82, 2.24) is 5.32 Å². The van der Waals surface area contributed by atoms with Gasteiger partial charge in [-0.05, 0) is 18.6 Å². The molecule has 1 aliphatic heterocycles. The predicted molar refractivity (Wildman–Crippen MR) is 99.7 cm³/mol. The lowest BCUT2D eigenvalue weighted by molar-refractivity contribution is 0.625. The summed E-state index contributed by atoms with van der Waals surface area (Å²) in [7, 11) is 0. The number of nitrogens with one attached hydrogen (secondary N) is 1. The fraction of sp³-hybridized carbons (Fsp3) is 0.500. The van der Waals surface area contributed by atoms with Crippen LogP contribution >= 0.6 is 35.0 Å². The number of rotatable bonds is 7. The third-order valence-electron chi connectivity index (χ3n) is 3.41. The molecule has 0 spiro atoms. The van der Waals surface area contributed by atoms with Gasteiger partial charge in [-0.25, -0.2) is 0 Å². The molecule has 22 heavy (non-hydrogen) atoms. The van der Waals surface area contributed by atoms with Crippen molar-refractivity contribution in [3.63, 3.8) is 0 Å². The lowest BCUT2D eigenvalue weighted by Crippen LogP contribution is -2.25. The molecule has 0 aliphatic carbocycles. The Balaban J connectivity index is 1.83. The number of amidine groups is 1. The van der Waals surface area contributed by atoms with Crippen LogP contribution in [0.5, 0.6) is 0 Å². The highest BCUT2D eigenvalue weighted by atomic mass is 35.5. The Morgan fingerprint density at radius 3 is 2.64 bits per heavy atom. The second-order valence-electron chi connectivity index (χ2n) is 5.21. The van der Waals surface area contributed by atoms with Crippen LogP contribution in [0.1, 0.15) is 44.6 Å². The average Bonchev–Trinajstić information content (AvgIpc) is 2.52. The van der Waals surface area contributed by atoms with E-state index in [4.69, 9.17) is 23.2 Å². The molecule has 3 nitrogen and oxygen atoms in total. The number of benzene rings is 1. The first kappa shape index (κ1) is 17.6. The molecule has 0 saturated heterocycles. The summed E-state index contributed by atoms with van der Waals surface area (Å²) in [6.07, 6.45) is 6.37. The van der Waals surface area contributed by atoms with Gasteiger partial charge >= 0.3 is 0 Å². The summed E-state index contributed by atoms with van der Waals surface area (Å²) in [5.74, 6) is 0.767. The molecule has 1 aromatic rings. The van der Waals surface area contributed by atoms with E-state index in [-0.39, 0.29) is 0 Å². The van der Waals surface area contributed by atoms with Crippen LogP contribution in [0, 0.1) is 0 Å². The van der Waals surface area contributed by atoms with E-state index in [1.54, 1.807) is 17.8 Å². The van der Waals surface area contributed by atoms with E-state index < -0.39 is 0 Å². The average molecular weight is 358 g/mol. The van der Waals surface area contributed by atoms with Crippen LogP contribution in [0.2, 0.25) is 10.0 Å². The fourth-order valence-corrected chi connectivity index (χ4v) is 3.47. The minimum absolute atomic E-state index is 0.620. The van der Waals surface area contributed by atoms with Crippen molar-refractivity contribution in [2.24, 2.45) is 10.2 Å². The van der Waals surface area contributed by atoms with Crippen molar-refractivity contribution < 1.29 is 0 Å². The van der Waals surface area contributed by atoms with Gasteiger partial charge in [0, 0.05) is 22.9 Å². The molecule has 1 N–H and O–H groups in total. The zero-order valence-corrected chi connectivity index (χ0v) is 15.1. The molecular weight excluding hydrogens is 337 g/mol. The molecular formula is C16H21Cl2N3S. The summed E-state index contributed by atoms with van der Waals surface area (Å²) in [6, 6.07) is 5.45. The number of hydrogen-bond acceptors (Lipinski definition) is 4. The topological polar surface area (TPSA) is 36.8 Å². The van der Waals surface area contributed by atoms with Crippen molar-refractivity contribution in [2.75, 3.05) is 12.3 Å². The van der Waals surface area contributed by atoms with Crippen LogP contribution in [0.25, 0.3) is 0 Å². The number of nitrogens with zero attached hydrogens (tertiary/aromatic N) is 2. The van der Waals surface area contributed by atoms with Crippen LogP contribution in [-0.2, 0) is 0 Å². The van der Waals surface area contributed by atoms with Crippen LogP contribution < -0.4 is 5.32 Å². The van der Waals surface area contributed by atoms with Crippen molar-refractivity contribution in [3.05, 3.63) is 33.8 Å². The maximum Gasteiger partial charge on any atom is 0.183 e. The molecule has 120 valence electrons. The van der Waals surface area contributed by atoms with Crippen LogP contribution in [0.3, 0.4) is 0 Å². The minimum atomic E-state index is 0.620. The smallest absolute Gasteiger partial charge is 0.183 e. The third kappa shape index (κ3) is 5.49. The van der Waals surface area contributed by atoms with Crippen molar-refractivity contribution in [2.45, 2.75) is 39.0 Å². The largest absolute Gasteiger partial charge is 0.363 e. The minimum Gasteiger partial charge on any atom is -0.363 e. The number of halogens is 2. The lowest BCUT2D eigenvalue weighted by atomic mass is 10.1. The molecule has 0 saturated carbocycles. The first-order valence-corrected chi connectivity index (χ1v) is 9.41. The van der Waals surface area contributed by atoms with Crippen molar-refractivity contribution in [1.29, 1.82) is 0 Å². The summed E-state index contributed by atoms with van der Waals surface area (Å²) in [6.45, 7) is 3.19. The third-order valence-corrected chi connectivity index (χ3v) is 4.87. The van der Waals surface area contributed by atoms with Gasteiger partial charge in [0.15, 0.2) is 5.17 Å². The molecule has 0 aromatic heterocycles. The molecule has 0 amide bonds. The van der Waals surface area contributed by atoms with Crippen LogP contribution in [0.15, 0.2) is 28.4 Å². The Hall–Kier alpha value is -0.710. The van der Waals surface area contributed by atoms with E-state index >= 15 is 0 Å². The van der Waals surface area contributed by atoms with E-state index in [1.165, 1.54) is 32.1 Å². The van der Waals surface area contributed by atoms with E-state index in [2.05, 4.69) is 22.4 Å². The SMILES string of the molecule is CCCCCCCNC1=NN=C(c2ccc(Cl)cc2Cl)CS1. The van der Waals surface area contributed by atoms with Crippen LogP contribution in [-0.4, -0.2) is 23.2 Å². The lowest BCUT2D eigenvalue weighted by Gasteiger charge is -2.14. The zero-order valence-electron chi connectivity index (χ0n) is 12.7. The van der Waals surface area contributed by atoms with Crippen molar-refractivity contribution >= 4 is 45.8 Å². The number of unbranched alkanes of at least 4 members (excludes halogenated alkanes) is 4. The molecule has 1 aromatic carbocycles. The zero-order chi connectivity index (χ0) is 15.8. The molecule has 0 atom stereocenters. The highest BCUT2D eigenvalue weighted by Crippen LogP contribution is 2.24. The van der Waals surface area contributed by atoms with Gasteiger partial charge in [0.1, 0.15) is 0 Å². The molecule has 1 aliphatic rings. The second-order valence-corrected chi connectivity index (χ2v) is 7.01. The highest BCUT2D eigenvalue weighted by Gasteiger charge is 2.14. The predicted octanol–water partition coefficient (Wildman–Crippen LogP) is 5.36. The Kier molecular flexibility index (Phi) is 7.56. The van der Waals surface area contributed by atoms with Gasteiger partial charge in [-0.3, -0.25) is 0 Å². The molecule has 0 fully saturated rings. The summed E-state index contributed by atoms with van der Waals surface area (Å²) < 4.78 is 0. The monoisotopic (exact) mass is 357 g/mol. The van der Waals surface area contributed by atoms with E-state index in [0.29, 0.717) is 10.0 Å². The number of hydrogen-bond donors (Lipinski definition) is 1. The Morgan fingerprint density at radius 2 is 1.95 bits per heavy atom. The Labute approximate surface area is 146 Å². The standard InChI is InChI=1S/C16H21Cl2N3S/c1-2-3-4-5-6-9-19-16-21-20-15(11-22-16)13-8-7-12(17)10-14(13)18/h7-8,10H,2-6,9,11H2,1H3,(H,19,21). The van der Waals surface area contributed by atoms with Gasteiger partial charge in [0.25, 0.3) is 0 Å². The summed E-state index contributed by atoms with van der Waals surface area (Å²) in [5, 5.41) is 14.0. The van der Waals surface area contributed by atoms with Gasteiger partial charge in [0.05, 0.1) is 10.7 Å². The first-order chi connectivity index (χ1) is 10.7. The molecule has 1 heterocycles. The van der Waals surface area contributed by atoms with Crippen molar-refractivity contribution in [3.8, 4) is 0 Å². The summed E-state index contributed by atoms with van der Waals surface area (Å²) in [4.78, 5) is 0. The fourth-order valence-electron chi connectivity index (χ4n) is 2.17. The van der Waals surface area contributed by atoms with Gasteiger partial charge in [-0.2, -0.15) is 5.10 Å². The van der Waals surface area contributed by atoms with Crippen LogP contribution in [0.4, 0.5) is 0 Å². The van der Waals surface area contributed by atoms with Gasteiger partial charge in [0.2, 0.25) is 0 Å². The van der Waals surface area contributed by atoms with Gasteiger partial charge in [-0.15, -0.1) is 5.10 Å². The molecule has 0 unspecified atom stereocenters. The summed E-state index contributed by atoms with van der Waals surface area (Å²) in [5.41, 5.74) is 1.79. The molecule has 0 bridgehead atoms. The summed E-state index contributed by atoms with van der Waals surface area (Å²) >= 11 is 13.8. The second kappa shape index (κ2) is 9.43. The van der Waals surface area contributed by atoms with E-state index in [9.17, 15) is 0 Å². The Morgan fingerprint density at radius 1 is 1.14 bits per heavy atom. The Bertz CT molecular complexity index is 558. The van der Waals surface area contributed by atoms with E-state index in [1.807, 2.05) is 12.1 Å². The maximum absolute atomic E-state index is 6.20. The highest BCUT2D eigenvalue weighted by molar-refractivity contribution is 8.14. The maximum atomic E-state index is 6.20.